The Morgan fingerprint density at radius 2 is 1.71 bits per heavy atom. The van der Waals surface area contributed by atoms with Crippen LogP contribution < -0.4 is 0 Å². The van der Waals surface area contributed by atoms with Gasteiger partial charge in [-0.2, -0.15) is 0 Å². The minimum atomic E-state index is 0.0126. The van der Waals surface area contributed by atoms with Gasteiger partial charge < -0.3 is 4.90 Å². The van der Waals surface area contributed by atoms with Crippen LogP contribution in [0.1, 0.15) is 21.8 Å². The molecule has 0 N–H and O–H groups in total. The van der Waals surface area contributed by atoms with Crippen molar-refractivity contribution in [1.82, 2.24) is 4.90 Å². The van der Waals surface area contributed by atoms with Crippen LogP contribution in [0.4, 0.5) is 0 Å². The summed E-state index contributed by atoms with van der Waals surface area (Å²) in [4.78, 5) is 15.1. The summed E-state index contributed by atoms with van der Waals surface area (Å²) in [6, 6.07) is 17.5. The molecule has 1 heterocycles. The van der Waals surface area contributed by atoms with Crippen LogP contribution in [0.3, 0.4) is 0 Å². The third-order valence-electron chi connectivity index (χ3n) is 4.20. The molecule has 1 aliphatic heterocycles. The van der Waals surface area contributed by atoms with Gasteiger partial charge in [-0.1, -0.05) is 41.9 Å². The second-order valence-electron chi connectivity index (χ2n) is 5.72. The Kier molecular flexibility index (Phi) is 4.09. The quantitative estimate of drug-likeness (QED) is 0.802. The molecule has 3 heteroatoms. The van der Waals surface area contributed by atoms with Gasteiger partial charge in [-0.25, -0.2) is 0 Å². The van der Waals surface area contributed by atoms with Gasteiger partial charge in [-0.15, -0.1) is 0 Å². The molecule has 0 aliphatic carbocycles. The number of halogens is 1. The Labute approximate surface area is 130 Å². The molecule has 0 radical (unpaired) electrons. The topological polar surface area (TPSA) is 20.3 Å². The molecule has 1 saturated heterocycles. The molecule has 108 valence electrons. The van der Waals surface area contributed by atoms with Crippen LogP contribution in [0.25, 0.3) is 0 Å². The van der Waals surface area contributed by atoms with E-state index in [4.69, 9.17) is 11.6 Å². The van der Waals surface area contributed by atoms with Crippen molar-refractivity contribution in [2.75, 3.05) is 20.1 Å². The summed E-state index contributed by atoms with van der Waals surface area (Å²) in [5.41, 5.74) is 2.00. The number of hydrogen-bond donors (Lipinski definition) is 0. The van der Waals surface area contributed by atoms with Crippen LogP contribution >= 0.6 is 11.6 Å². The number of Topliss-reactive ketones (excluding diaryl/α,β-unsaturated/α-hetero) is 1. The summed E-state index contributed by atoms with van der Waals surface area (Å²) in [5.74, 6) is 0.489. The summed E-state index contributed by atoms with van der Waals surface area (Å²) in [6.45, 7) is 1.73. The first-order valence-corrected chi connectivity index (χ1v) is 7.56. The van der Waals surface area contributed by atoms with Crippen molar-refractivity contribution in [2.24, 2.45) is 5.92 Å². The van der Waals surface area contributed by atoms with E-state index in [2.05, 4.69) is 24.1 Å². The zero-order valence-electron chi connectivity index (χ0n) is 12.0. The average molecular weight is 300 g/mol. The highest BCUT2D eigenvalue weighted by Gasteiger charge is 2.37. The molecule has 0 amide bonds. The standard InChI is InChI=1S/C18H18ClNO/c1-20-11-16(13-5-3-2-4-6-13)17(12-20)18(21)14-7-9-15(19)10-8-14/h2-10,16-17H,11-12H2,1H3/t16-,17-/m1/s1. The van der Waals surface area contributed by atoms with E-state index in [0.717, 1.165) is 18.7 Å². The molecule has 0 saturated carbocycles. The highest BCUT2D eigenvalue weighted by molar-refractivity contribution is 6.30. The van der Waals surface area contributed by atoms with Crippen LogP contribution in [-0.4, -0.2) is 30.8 Å². The van der Waals surface area contributed by atoms with Crippen molar-refractivity contribution in [1.29, 1.82) is 0 Å². The maximum absolute atomic E-state index is 12.8. The number of likely N-dealkylation sites (tertiary alicyclic amines) is 1. The molecule has 2 aromatic rings. The Hall–Kier alpha value is -1.64. The number of carbonyl (C=O) groups is 1. The number of ketones is 1. The minimum absolute atomic E-state index is 0.0126. The first-order chi connectivity index (χ1) is 10.1. The SMILES string of the molecule is CN1C[C@H](c2ccccc2)[C@H](C(=O)c2ccc(Cl)cc2)C1. The average Bonchev–Trinajstić information content (AvgIpc) is 2.90. The van der Waals surface area contributed by atoms with Gasteiger partial charge in [0.2, 0.25) is 0 Å². The van der Waals surface area contributed by atoms with E-state index in [1.165, 1.54) is 5.56 Å². The Bertz CT molecular complexity index is 623. The summed E-state index contributed by atoms with van der Waals surface area (Å²) in [7, 11) is 2.07. The Morgan fingerprint density at radius 3 is 2.38 bits per heavy atom. The monoisotopic (exact) mass is 299 g/mol. The summed E-state index contributed by atoms with van der Waals surface area (Å²) >= 11 is 5.90. The zero-order valence-corrected chi connectivity index (χ0v) is 12.8. The van der Waals surface area contributed by atoms with E-state index in [0.29, 0.717) is 5.02 Å². The van der Waals surface area contributed by atoms with E-state index in [1.807, 2.05) is 30.3 Å². The summed E-state index contributed by atoms with van der Waals surface area (Å²) < 4.78 is 0. The van der Waals surface area contributed by atoms with Gasteiger partial charge in [-0.05, 0) is 36.9 Å². The van der Waals surface area contributed by atoms with Gasteiger partial charge in [0, 0.05) is 35.5 Å². The molecule has 1 fully saturated rings. The van der Waals surface area contributed by atoms with Gasteiger partial charge in [-0.3, -0.25) is 4.79 Å². The van der Waals surface area contributed by atoms with Crippen LogP contribution in [0.2, 0.25) is 5.02 Å². The fraction of sp³-hybridized carbons (Fsp3) is 0.278. The first kappa shape index (κ1) is 14.3. The van der Waals surface area contributed by atoms with Crippen molar-refractivity contribution in [3.8, 4) is 0 Å². The molecule has 3 rings (SSSR count). The largest absolute Gasteiger partial charge is 0.305 e. The van der Waals surface area contributed by atoms with Crippen LogP contribution in [-0.2, 0) is 0 Å². The molecule has 2 nitrogen and oxygen atoms in total. The van der Waals surface area contributed by atoms with Crippen molar-refractivity contribution in [2.45, 2.75) is 5.92 Å². The summed E-state index contributed by atoms with van der Waals surface area (Å²) in [6.07, 6.45) is 0. The van der Waals surface area contributed by atoms with E-state index in [9.17, 15) is 4.79 Å². The molecule has 0 spiro atoms. The lowest BCUT2D eigenvalue weighted by Crippen LogP contribution is -2.22. The molecule has 21 heavy (non-hydrogen) atoms. The second kappa shape index (κ2) is 6.00. The van der Waals surface area contributed by atoms with Crippen molar-refractivity contribution >= 4 is 17.4 Å². The highest BCUT2D eigenvalue weighted by Crippen LogP contribution is 2.34. The second-order valence-corrected chi connectivity index (χ2v) is 6.15. The zero-order chi connectivity index (χ0) is 14.8. The maximum Gasteiger partial charge on any atom is 0.167 e. The van der Waals surface area contributed by atoms with Gasteiger partial charge in [0.25, 0.3) is 0 Å². The smallest absolute Gasteiger partial charge is 0.167 e. The highest BCUT2D eigenvalue weighted by atomic mass is 35.5. The lowest BCUT2D eigenvalue weighted by Gasteiger charge is -2.18. The minimum Gasteiger partial charge on any atom is -0.305 e. The molecule has 1 aliphatic rings. The number of hydrogen-bond acceptors (Lipinski definition) is 2. The Balaban J connectivity index is 1.88. The number of rotatable bonds is 3. The third-order valence-corrected chi connectivity index (χ3v) is 4.45. The fourth-order valence-corrected chi connectivity index (χ4v) is 3.26. The van der Waals surface area contributed by atoms with Crippen molar-refractivity contribution < 1.29 is 4.79 Å². The number of nitrogens with zero attached hydrogens (tertiary/aromatic N) is 1. The lowest BCUT2D eigenvalue weighted by atomic mass is 9.84. The van der Waals surface area contributed by atoms with Gasteiger partial charge in [0.05, 0.1) is 0 Å². The van der Waals surface area contributed by atoms with Gasteiger partial charge >= 0.3 is 0 Å². The molecule has 2 atom stereocenters. The summed E-state index contributed by atoms with van der Waals surface area (Å²) in [5, 5.41) is 0.662. The lowest BCUT2D eigenvalue weighted by molar-refractivity contribution is 0.0916. The number of benzene rings is 2. The van der Waals surface area contributed by atoms with Gasteiger partial charge in [0.1, 0.15) is 0 Å². The van der Waals surface area contributed by atoms with Crippen molar-refractivity contribution in [3.05, 3.63) is 70.7 Å². The van der Waals surface area contributed by atoms with Crippen LogP contribution in [0.15, 0.2) is 54.6 Å². The molecule has 0 bridgehead atoms. The van der Waals surface area contributed by atoms with Gasteiger partial charge in [0.15, 0.2) is 5.78 Å². The number of carbonyl (C=O) groups excluding carboxylic acids is 1. The third kappa shape index (κ3) is 3.02. The molecule has 2 aromatic carbocycles. The van der Waals surface area contributed by atoms with Crippen LogP contribution in [0.5, 0.6) is 0 Å². The Morgan fingerprint density at radius 1 is 1.05 bits per heavy atom. The maximum atomic E-state index is 12.8. The fourth-order valence-electron chi connectivity index (χ4n) is 3.13. The van der Waals surface area contributed by atoms with Crippen molar-refractivity contribution in [3.63, 3.8) is 0 Å². The first-order valence-electron chi connectivity index (χ1n) is 7.18. The molecule has 0 unspecified atom stereocenters. The van der Waals surface area contributed by atoms with E-state index in [-0.39, 0.29) is 17.6 Å². The van der Waals surface area contributed by atoms with Crippen LogP contribution in [0, 0.1) is 5.92 Å². The molecular formula is C18H18ClNO. The molecule has 0 aromatic heterocycles. The van der Waals surface area contributed by atoms with E-state index in [1.54, 1.807) is 12.1 Å². The normalized spacial score (nSPS) is 22.4. The predicted octanol–water partition coefficient (Wildman–Crippen LogP) is 3.87. The number of likely N-dealkylation sites (N-methyl/N-ethyl adjacent to an activating group) is 1. The van der Waals surface area contributed by atoms with E-state index < -0.39 is 0 Å². The predicted molar refractivity (Wildman–Crippen MR) is 86.0 cm³/mol. The van der Waals surface area contributed by atoms with E-state index >= 15 is 0 Å². The molecular weight excluding hydrogens is 282 g/mol.